The Labute approximate surface area is 105 Å². The van der Waals surface area contributed by atoms with E-state index in [-0.39, 0.29) is 0 Å². The highest BCUT2D eigenvalue weighted by atomic mass is 16.1. The van der Waals surface area contributed by atoms with Gasteiger partial charge in [-0.3, -0.25) is 9.69 Å². The van der Waals surface area contributed by atoms with Crippen LogP contribution in [0.1, 0.15) is 39.0 Å². The highest BCUT2D eigenvalue weighted by molar-refractivity contribution is 5.81. The molecule has 3 nitrogen and oxygen atoms in total. The molecule has 0 aromatic rings. The summed E-state index contributed by atoms with van der Waals surface area (Å²) in [6, 6.07) is 0.629. The van der Waals surface area contributed by atoms with Crippen LogP contribution in [0.3, 0.4) is 0 Å². The quantitative estimate of drug-likeness (QED) is 0.685. The number of nitrogens with zero attached hydrogens (tertiary/aromatic N) is 2. The first-order valence-corrected chi connectivity index (χ1v) is 7.12. The van der Waals surface area contributed by atoms with Crippen molar-refractivity contribution in [1.29, 1.82) is 0 Å². The average molecular weight is 238 g/mol. The number of carbonyl (C=O) groups excluding carboxylic acids is 1. The Hall–Kier alpha value is -0.410. The summed E-state index contributed by atoms with van der Waals surface area (Å²) in [7, 11) is 2.19. The molecule has 3 heteroatoms. The van der Waals surface area contributed by atoms with Crippen LogP contribution in [0.4, 0.5) is 0 Å². The van der Waals surface area contributed by atoms with Gasteiger partial charge in [0.15, 0.2) is 0 Å². The monoisotopic (exact) mass is 238 g/mol. The van der Waals surface area contributed by atoms with Crippen LogP contribution in [0, 0.1) is 5.92 Å². The zero-order chi connectivity index (χ0) is 12.3. The van der Waals surface area contributed by atoms with Crippen LogP contribution in [0.15, 0.2) is 0 Å². The minimum absolute atomic E-state index is 0.327. The number of likely N-dealkylation sites (N-methyl/N-ethyl adjacent to an activating group) is 1. The Kier molecular flexibility index (Phi) is 4.57. The smallest absolute Gasteiger partial charge is 0.137 e. The van der Waals surface area contributed by atoms with Crippen LogP contribution in [-0.2, 0) is 4.79 Å². The first-order valence-electron chi connectivity index (χ1n) is 7.12. The van der Waals surface area contributed by atoms with Crippen LogP contribution < -0.4 is 0 Å². The number of carbonyl (C=O) groups is 1. The summed E-state index contributed by atoms with van der Waals surface area (Å²) < 4.78 is 0. The Morgan fingerprint density at radius 1 is 1.24 bits per heavy atom. The van der Waals surface area contributed by atoms with Crippen molar-refractivity contribution in [2.24, 2.45) is 5.92 Å². The van der Waals surface area contributed by atoms with E-state index in [0.29, 0.717) is 17.7 Å². The van der Waals surface area contributed by atoms with Gasteiger partial charge in [0.2, 0.25) is 0 Å². The summed E-state index contributed by atoms with van der Waals surface area (Å²) in [5.74, 6) is 0.849. The van der Waals surface area contributed by atoms with Crippen LogP contribution >= 0.6 is 0 Å². The lowest BCUT2D eigenvalue weighted by Crippen LogP contribution is -2.51. The maximum atomic E-state index is 12.0. The minimum Gasteiger partial charge on any atom is -0.301 e. The summed E-state index contributed by atoms with van der Waals surface area (Å²) in [4.78, 5) is 16.9. The van der Waals surface area contributed by atoms with Crippen LogP contribution in [0.25, 0.3) is 0 Å². The molecule has 0 N–H and O–H groups in total. The van der Waals surface area contributed by atoms with Crippen LogP contribution in [0.2, 0.25) is 0 Å². The molecule has 1 aliphatic heterocycles. The molecule has 0 amide bonds. The zero-order valence-corrected chi connectivity index (χ0v) is 11.3. The molecule has 98 valence electrons. The van der Waals surface area contributed by atoms with E-state index in [1.54, 1.807) is 0 Å². The molecule has 2 unspecified atom stereocenters. The molecule has 0 aromatic carbocycles. The largest absolute Gasteiger partial charge is 0.301 e. The van der Waals surface area contributed by atoms with Crippen LogP contribution in [-0.4, -0.2) is 54.9 Å². The Balaban J connectivity index is 1.85. The lowest BCUT2D eigenvalue weighted by atomic mass is 9.97. The molecule has 0 spiro atoms. The number of rotatable bonds is 2. The molecule has 2 fully saturated rings. The van der Waals surface area contributed by atoms with Crippen LogP contribution in [0.5, 0.6) is 0 Å². The van der Waals surface area contributed by atoms with E-state index < -0.39 is 0 Å². The normalized spacial score (nSPS) is 33.6. The third-order valence-electron chi connectivity index (χ3n) is 4.45. The second kappa shape index (κ2) is 5.96. The zero-order valence-electron chi connectivity index (χ0n) is 11.3. The molecule has 2 atom stereocenters. The van der Waals surface area contributed by atoms with E-state index in [9.17, 15) is 4.79 Å². The molecule has 0 bridgehead atoms. The molecular weight excluding hydrogens is 212 g/mol. The van der Waals surface area contributed by atoms with Gasteiger partial charge in [-0.15, -0.1) is 0 Å². The van der Waals surface area contributed by atoms with Crippen molar-refractivity contribution in [3.8, 4) is 0 Å². The maximum absolute atomic E-state index is 12.0. The van der Waals surface area contributed by atoms with Gasteiger partial charge in [0.1, 0.15) is 5.78 Å². The summed E-state index contributed by atoms with van der Waals surface area (Å²) in [6.07, 6.45) is 5.57. The Morgan fingerprint density at radius 2 is 2.06 bits per heavy atom. The summed E-state index contributed by atoms with van der Waals surface area (Å²) in [6.45, 7) is 6.69. The van der Waals surface area contributed by atoms with E-state index in [2.05, 4.69) is 23.8 Å². The second-order valence-electron chi connectivity index (χ2n) is 5.85. The predicted molar refractivity (Wildman–Crippen MR) is 70.1 cm³/mol. The standard InChI is InChI=1S/C14H26N2O/c1-12-10-16(9-8-15(12)2)11-13-6-4-3-5-7-14(13)17/h12-13H,3-11H2,1-2H3. The van der Waals surface area contributed by atoms with Crippen molar-refractivity contribution in [3.63, 3.8) is 0 Å². The number of Topliss-reactive ketones (excluding diaryl/α,β-unsaturated/α-hetero) is 1. The first kappa shape index (κ1) is 13.0. The lowest BCUT2D eigenvalue weighted by Gasteiger charge is -2.38. The molecule has 17 heavy (non-hydrogen) atoms. The summed E-state index contributed by atoms with van der Waals surface area (Å²) in [5.41, 5.74) is 0. The van der Waals surface area contributed by atoms with E-state index >= 15 is 0 Å². The van der Waals surface area contributed by atoms with Gasteiger partial charge < -0.3 is 4.90 Å². The van der Waals surface area contributed by atoms with E-state index in [1.807, 2.05) is 0 Å². The molecule has 1 heterocycles. The first-order chi connectivity index (χ1) is 8.16. The van der Waals surface area contributed by atoms with Crippen molar-refractivity contribution >= 4 is 5.78 Å². The maximum Gasteiger partial charge on any atom is 0.137 e. The third-order valence-corrected chi connectivity index (χ3v) is 4.45. The van der Waals surface area contributed by atoms with Gasteiger partial charge in [-0.05, 0) is 26.8 Å². The molecule has 2 aliphatic rings. The Morgan fingerprint density at radius 3 is 2.82 bits per heavy atom. The van der Waals surface area contributed by atoms with Gasteiger partial charge in [0.05, 0.1) is 0 Å². The van der Waals surface area contributed by atoms with Crippen molar-refractivity contribution in [2.75, 3.05) is 33.2 Å². The van der Waals surface area contributed by atoms with E-state index in [4.69, 9.17) is 0 Å². The highest BCUT2D eigenvalue weighted by Gasteiger charge is 2.26. The lowest BCUT2D eigenvalue weighted by molar-refractivity contribution is -0.123. The van der Waals surface area contributed by atoms with Gasteiger partial charge in [-0.1, -0.05) is 12.8 Å². The van der Waals surface area contributed by atoms with Crippen molar-refractivity contribution in [2.45, 2.75) is 45.1 Å². The number of hydrogen-bond acceptors (Lipinski definition) is 3. The second-order valence-corrected chi connectivity index (χ2v) is 5.85. The van der Waals surface area contributed by atoms with Crippen molar-refractivity contribution < 1.29 is 4.79 Å². The van der Waals surface area contributed by atoms with Gasteiger partial charge in [-0.2, -0.15) is 0 Å². The fraction of sp³-hybridized carbons (Fsp3) is 0.929. The fourth-order valence-corrected chi connectivity index (χ4v) is 3.03. The van der Waals surface area contributed by atoms with Gasteiger partial charge in [0.25, 0.3) is 0 Å². The SMILES string of the molecule is CC1CN(CC2CCCCCC2=O)CCN1C. The summed E-state index contributed by atoms with van der Waals surface area (Å²) in [5, 5.41) is 0. The number of piperazine rings is 1. The van der Waals surface area contributed by atoms with E-state index in [0.717, 1.165) is 45.4 Å². The number of hydrogen-bond donors (Lipinski definition) is 0. The van der Waals surface area contributed by atoms with Gasteiger partial charge in [-0.25, -0.2) is 0 Å². The fourth-order valence-electron chi connectivity index (χ4n) is 3.03. The minimum atomic E-state index is 0.327. The Bertz CT molecular complexity index is 267. The molecule has 1 saturated carbocycles. The molecule has 1 aliphatic carbocycles. The van der Waals surface area contributed by atoms with Crippen molar-refractivity contribution in [3.05, 3.63) is 0 Å². The molecule has 1 saturated heterocycles. The van der Waals surface area contributed by atoms with E-state index in [1.165, 1.54) is 12.8 Å². The molecule has 0 aromatic heterocycles. The molecule has 2 rings (SSSR count). The highest BCUT2D eigenvalue weighted by Crippen LogP contribution is 2.21. The van der Waals surface area contributed by atoms with Gasteiger partial charge >= 0.3 is 0 Å². The third kappa shape index (κ3) is 3.52. The number of ketones is 1. The summed E-state index contributed by atoms with van der Waals surface area (Å²) >= 11 is 0. The average Bonchev–Trinajstić information content (AvgIpc) is 2.50. The van der Waals surface area contributed by atoms with Gasteiger partial charge in [0, 0.05) is 44.6 Å². The molecule has 0 radical (unpaired) electrons. The predicted octanol–water partition coefficient (Wildman–Crippen LogP) is 1.77. The van der Waals surface area contributed by atoms with Crippen molar-refractivity contribution in [1.82, 2.24) is 9.80 Å². The molecular formula is C14H26N2O. The topological polar surface area (TPSA) is 23.6 Å².